The van der Waals surface area contributed by atoms with Crippen LogP contribution in [0.5, 0.6) is 0 Å². The Labute approximate surface area is 80.3 Å². The SMILES string of the molecule is COC(=O)C[C@@H](O)c1cncc(F)c1. The van der Waals surface area contributed by atoms with E-state index in [1.54, 1.807) is 0 Å². The molecule has 0 saturated carbocycles. The third kappa shape index (κ3) is 2.77. The average Bonchev–Trinajstić information content (AvgIpc) is 2.17. The van der Waals surface area contributed by atoms with Crippen molar-refractivity contribution in [3.63, 3.8) is 0 Å². The van der Waals surface area contributed by atoms with E-state index in [9.17, 15) is 14.3 Å². The number of aliphatic hydroxyl groups excluding tert-OH is 1. The number of rotatable bonds is 3. The van der Waals surface area contributed by atoms with E-state index in [0.717, 1.165) is 12.3 Å². The number of nitrogens with zero attached hydrogens (tertiary/aromatic N) is 1. The number of hydrogen-bond donors (Lipinski definition) is 1. The number of methoxy groups -OCH3 is 1. The Morgan fingerprint density at radius 3 is 3.00 bits per heavy atom. The van der Waals surface area contributed by atoms with Gasteiger partial charge in [0, 0.05) is 11.8 Å². The molecule has 0 amide bonds. The fourth-order valence-electron chi connectivity index (χ4n) is 0.970. The third-order valence-electron chi connectivity index (χ3n) is 1.70. The Hall–Kier alpha value is -1.49. The minimum atomic E-state index is -1.08. The molecule has 0 aliphatic carbocycles. The molecule has 0 spiro atoms. The molecule has 1 heterocycles. The summed E-state index contributed by atoms with van der Waals surface area (Å²) in [5.41, 5.74) is 0.260. The minimum Gasteiger partial charge on any atom is -0.469 e. The summed E-state index contributed by atoms with van der Waals surface area (Å²) in [5, 5.41) is 9.44. The highest BCUT2D eigenvalue weighted by molar-refractivity contribution is 5.69. The lowest BCUT2D eigenvalue weighted by Crippen LogP contribution is -2.08. The van der Waals surface area contributed by atoms with Crippen molar-refractivity contribution in [2.24, 2.45) is 0 Å². The van der Waals surface area contributed by atoms with Crippen LogP contribution in [0, 0.1) is 5.82 Å². The highest BCUT2D eigenvalue weighted by Crippen LogP contribution is 2.16. The molecule has 5 heteroatoms. The second-order valence-electron chi connectivity index (χ2n) is 2.73. The van der Waals surface area contributed by atoms with Crippen molar-refractivity contribution >= 4 is 5.97 Å². The molecule has 0 aliphatic rings. The van der Waals surface area contributed by atoms with E-state index in [-0.39, 0.29) is 12.0 Å². The summed E-state index contributed by atoms with van der Waals surface area (Å²) in [6.07, 6.45) is 1.04. The van der Waals surface area contributed by atoms with Gasteiger partial charge in [-0.1, -0.05) is 0 Å². The maximum Gasteiger partial charge on any atom is 0.308 e. The number of ether oxygens (including phenoxy) is 1. The first-order chi connectivity index (χ1) is 6.63. The van der Waals surface area contributed by atoms with Crippen LogP contribution < -0.4 is 0 Å². The van der Waals surface area contributed by atoms with Crippen molar-refractivity contribution in [2.75, 3.05) is 7.11 Å². The maximum absolute atomic E-state index is 12.7. The van der Waals surface area contributed by atoms with Crippen molar-refractivity contribution in [1.29, 1.82) is 0 Å². The van der Waals surface area contributed by atoms with Crippen LogP contribution in [0.3, 0.4) is 0 Å². The van der Waals surface area contributed by atoms with E-state index in [2.05, 4.69) is 9.72 Å². The lowest BCUT2D eigenvalue weighted by atomic mass is 10.1. The van der Waals surface area contributed by atoms with E-state index in [1.165, 1.54) is 13.3 Å². The van der Waals surface area contributed by atoms with Gasteiger partial charge in [-0.3, -0.25) is 9.78 Å². The first-order valence-corrected chi connectivity index (χ1v) is 3.99. The smallest absolute Gasteiger partial charge is 0.308 e. The summed E-state index contributed by atoms with van der Waals surface area (Å²) >= 11 is 0. The average molecular weight is 199 g/mol. The van der Waals surface area contributed by atoms with Gasteiger partial charge in [-0.05, 0) is 6.07 Å². The molecule has 0 saturated heterocycles. The monoisotopic (exact) mass is 199 g/mol. The van der Waals surface area contributed by atoms with Crippen LogP contribution in [0.25, 0.3) is 0 Å². The first-order valence-electron chi connectivity index (χ1n) is 3.99. The third-order valence-corrected chi connectivity index (χ3v) is 1.70. The van der Waals surface area contributed by atoms with Crippen LogP contribution in [-0.2, 0) is 9.53 Å². The first kappa shape index (κ1) is 10.6. The molecule has 76 valence electrons. The standard InChI is InChI=1S/C9H10FNO3/c1-14-9(13)3-8(12)6-2-7(10)5-11-4-6/h2,4-5,8,12H,3H2,1H3/t8-/m1/s1. The van der Waals surface area contributed by atoms with E-state index in [4.69, 9.17) is 0 Å². The summed E-state index contributed by atoms with van der Waals surface area (Å²) in [6, 6.07) is 1.13. The van der Waals surface area contributed by atoms with E-state index in [1.807, 2.05) is 0 Å². The lowest BCUT2D eigenvalue weighted by molar-refractivity contribution is -0.142. The normalized spacial score (nSPS) is 12.2. The topological polar surface area (TPSA) is 59.4 Å². The van der Waals surface area contributed by atoms with Gasteiger partial charge in [0.25, 0.3) is 0 Å². The molecule has 1 aromatic rings. The van der Waals surface area contributed by atoms with Crippen LogP contribution in [0.15, 0.2) is 18.5 Å². The molecule has 0 aliphatic heterocycles. The van der Waals surface area contributed by atoms with Crippen molar-refractivity contribution in [2.45, 2.75) is 12.5 Å². The van der Waals surface area contributed by atoms with Crippen molar-refractivity contribution in [3.8, 4) is 0 Å². The Morgan fingerprint density at radius 2 is 2.43 bits per heavy atom. The molecule has 1 rings (SSSR count). The molecule has 1 atom stereocenters. The van der Waals surface area contributed by atoms with Gasteiger partial charge in [-0.2, -0.15) is 0 Å². The van der Waals surface area contributed by atoms with E-state index < -0.39 is 17.9 Å². The highest BCUT2D eigenvalue weighted by Gasteiger charge is 2.13. The van der Waals surface area contributed by atoms with Crippen LogP contribution in [0.1, 0.15) is 18.1 Å². The Balaban J connectivity index is 2.69. The van der Waals surface area contributed by atoms with Crippen LogP contribution in [0.4, 0.5) is 4.39 Å². The molecule has 14 heavy (non-hydrogen) atoms. The largest absolute Gasteiger partial charge is 0.469 e. The number of halogens is 1. The Kier molecular flexibility index (Phi) is 3.53. The summed E-state index contributed by atoms with van der Waals surface area (Å²) in [6.45, 7) is 0. The van der Waals surface area contributed by atoms with Gasteiger partial charge < -0.3 is 9.84 Å². The number of carbonyl (C=O) groups is 1. The molecule has 0 radical (unpaired) electrons. The number of esters is 1. The molecule has 4 nitrogen and oxygen atoms in total. The zero-order chi connectivity index (χ0) is 10.6. The summed E-state index contributed by atoms with van der Waals surface area (Å²) in [4.78, 5) is 14.3. The number of hydrogen-bond acceptors (Lipinski definition) is 4. The predicted molar refractivity (Wildman–Crippen MR) is 45.8 cm³/mol. The minimum absolute atomic E-state index is 0.207. The Morgan fingerprint density at radius 1 is 1.71 bits per heavy atom. The van der Waals surface area contributed by atoms with E-state index in [0.29, 0.717) is 0 Å². The van der Waals surface area contributed by atoms with Gasteiger partial charge in [-0.15, -0.1) is 0 Å². The van der Waals surface area contributed by atoms with Crippen molar-refractivity contribution in [3.05, 3.63) is 29.8 Å². The van der Waals surface area contributed by atoms with Crippen LogP contribution >= 0.6 is 0 Å². The van der Waals surface area contributed by atoms with Crippen molar-refractivity contribution < 1.29 is 19.0 Å². The van der Waals surface area contributed by atoms with Gasteiger partial charge in [0.1, 0.15) is 5.82 Å². The molecule has 1 N–H and O–H groups in total. The summed E-state index contributed by atoms with van der Waals surface area (Å²) in [5.74, 6) is -1.10. The van der Waals surface area contributed by atoms with Gasteiger partial charge in [0.15, 0.2) is 0 Å². The second kappa shape index (κ2) is 4.66. The van der Waals surface area contributed by atoms with Crippen molar-refractivity contribution in [1.82, 2.24) is 4.98 Å². The predicted octanol–water partition coefficient (Wildman–Crippen LogP) is 0.817. The molecule has 1 aromatic heterocycles. The zero-order valence-corrected chi connectivity index (χ0v) is 7.61. The number of pyridine rings is 1. The molecule has 0 aromatic carbocycles. The number of carbonyl (C=O) groups excluding carboxylic acids is 1. The van der Waals surface area contributed by atoms with Gasteiger partial charge in [0.2, 0.25) is 0 Å². The Bertz CT molecular complexity index is 330. The highest BCUT2D eigenvalue weighted by atomic mass is 19.1. The lowest BCUT2D eigenvalue weighted by Gasteiger charge is -2.08. The van der Waals surface area contributed by atoms with Gasteiger partial charge in [0.05, 0.1) is 25.8 Å². The van der Waals surface area contributed by atoms with Crippen LogP contribution in [-0.4, -0.2) is 23.2 Å². The van der Waals surface area contributed by atoms with E-state index >= 15 is 0 Å². The van der Waals surface area contributed by atoms with Gasteiger partial charge in [-0.25, -0.2) is 4.39 Å². The fraction of sp³-hybridized carbons (Fsp3) is 0.333. The quantitative estimate of drug-likeness (QED) is 0.732. The number of aliphatic hydroxyl groups is 1. The van der Waals surface area contributed by atoms with Gasteiger partial charge >= 0.3 is 5.97 Å². The maximum atomic E-state index is 12.7. The summed E-state index contributed by atoms with van der Waals surface area (Å²) in [7, 11) is 1.22. The zero-order valence-electron chi connectivity index (χ0n) is 7.61. The van der Waals surface area contributed by atoms with Crippen LogP contribution in [0.2, 0.25) is 0 Å². The fourth-order valence-corrected chi connectivity index (χ4v) is 0.970. The molecule has 0 unspecified atom stereocenters. The molecule has 0 bridgehead atoms. The summed E-state index contributed by atoms with van der Waals surface area (Å²) < 4.78 is 17.0. The molecule has 0 fully saturated rings. The molecular weight excluding hydrogens is 189 g/mol. The second-order valence-corrected chi connectivity index (χ2v) is 2.73. The number of aromatic nitrogens is 1. The molecular formula is C9H10FNO3.